The number of anilines is 1. The monoisotopic (exact) mass is 565 g/mol. The number of hydrogen-bond acceptors (Lipinski definition) is 5. The van der Waals surface area contributed by atoms with E-state index in [-0.39, 0.29) is 17.2 Å². The van der Waals surface area contributed by atoms with E-state index in [1.165, 1.54) is 12.1 Å². The molecule has 32 heavy (non-hydrogen) atoms. The largest absolute Gasteiger partial charge is 0.503 e. The van der Waals surface area contributed by atoms with Gasteiger partial charge in [0.25, 0.3) is 5.91 Å². The van der Waals surface area contributed by atoms with E-state index in [0.29, 0.717) is 26.8 Å². The number of rotatable bonds is 7. The number of urea groups is 1. The molecule has 3 N–H and O–H groups in total. The fraction of sp³-hybridized carbons (Fsp3) is 0.227. The number of phenolic OH excluding ortho intramolecular Hbond substituents is 1. The smallest absolute Gasteiger partial charge is 0.329 e. The topological polar surface area (TPSA) is 108 Å². The van der Waals surface area contributed by atoms with E-state index < -0.39 is 24.4 Å². The van der Waals surface area contributed by atoms with Crippen molar-refractivity contribution >= 4 is 61.5 Å². The molecule has 0 spiro atoms. The van der Waals surface area contributed by atoms with Crippen LogP contribution in [0.3, 0.4) is 0 Å². The summed E-state index contributed by atoms with van der Waals surface area (Å²) in [6.45, 7) is 3.65. The molecule has 0 unspecified atom stereocenters. The van der Waals surface area contributed by atoms with Gasteiger partial charge in [0.05, 0.1) is 11.1 Å². The summed E-state index contributed by atoms with van der Waals surface area (Å²) in [7, 11) is 0. The van der Waals surface area contributed by atoms with Gasteiger partial charge in [0, 0.05) is 10.2 Å². The first-order valence-corrected chi connectivity index (χ1v) is 11.4. The van der Waals surface area contributed by atoms with Crippen LogP contribution >= 0.6 is 31.9 Å². The molecule has 10 heteroatoms. The first-order valence-electron chi connectivity index (χ1n) is 9.82. The lowest BCUT2D eigenvalue weighted by molar-refractivity contribution is -0.127. The summed E-state index contributed by atoms with van der Waals surface area (Å²) < 4.78 is 6.23. The van der Waals surface area contributed by atoms with Crippen LogP contribution in [0.1, 0.15) is 25.0 Å². The maximum absolute atomic E-state index is 12.8. The normalized spacial score (nSPS) is 14.6. The molecule has 0 bridgehead atoms. The Kier molecular flexibility index (Phi) is 7.57. The molecule has 2 aromatic carbocycles. The second-order valence-electron chi connectivity index (χ2n) is 6.81. The number of ether oxygens (including phenoxy) is 1. The zero-order valence-corrected chi connectivity index (χ0v) is 20.5. The van der Waals surface area contributed by atoms with Crippen molar-refractivity contribution in [3.05, 3.63) is 56.1 Å². The summed E-state index contributed by atoms with van der Waals surface area (Å²) in [4.78, 5) is 38.5. The molecule has 3 rings (SSSR count). The molecule has 0 aliphatic carbocycles. The van der Waals surface area contributed by atoms with Crippen LogP contribution in [0.4, 0.5) is 10.5 Å². The van der Waals surface area contributed by atoms with E-state index >= 15 is 0 Å². The van der Waals surface area contributed by atoms with Crippen molar-refractivity contribution in [2.24, 2.45) is 0 Å². The van der Waals surface area contributed by atoms with Crippen LogP contribution in [0.25, 0.3) is 6.08 Å². The van der Waals surface area contributed by atoms with Crippen molar-refractivity contribution in [2.75, 3.05) is 18.5 Å². The Bertz CT molecular complexity index is 1120. The van der Waals surface area contributed by atoms with Crippen molar-refractivity contribution in [3.63, 3.8) is 0 Å². The van der Waals surface area contributed by atoms with Gasteiger partial charge in [-0.2, -0.15) is 0 Å². The maximum Gasteiger partial charge on any atom is 0.329 e. The third-order valence-electron chi connectivity index (χ3n) is 4.71. The highest BCUT2D eigenvalue weighted by Crippen LogP contribution is 2.42. The third-order valence-corrected chi connectivity index (χ3v) is 6.87. The predicted molar refractivity (Wildman–Crippen MR) is 127 cm³/mol. The van der Waals surface area contributed by atoms with Gasteiger partial charge in [-0.25, -0.2) is 9.69 Å². The molecule has 4 amide bonds. The van der Waals surface area contributed by atoms with Gasteiger partial charge in [0.2, 0.25) is 5.91 Å². The predicted octanol–water partition coefficient (Wildman–Crippen LogP) is 4.41. The average Bonchev–Trinajstić information content (AvgIpc) is 3.03. The van der Waals surface area contributed by atoms with Crippen LogP contribution in [0.15, 0.2) is 45.0 Å². The Balaban J connectivity index is 1.80. The first kappa shape index (κ1) is 23.8. The van der Waals surface area contributed by atoms with E-state index in [1.54, 1.807) is 19.1 Å². The molecule has 1 fully saturated rings. The van der Waals surface area contributed by atoms with Gasteiger partial charge in [-0.05, 0) is 74.5 Å². The Morgan fingerprint density at radius 3 is 2.62 bits per heavy atom. The number of carbonyl (C=O) groups excluding carboxylic acids is 3. The van der Waals surface area contributed by atoms with Crippen molar-refractivity contribution in [3.8, 4) is 11.5 Å². The summed E-state index contributed by atoms with van der Waals surface area (Å²) in [5.41, 5.74) is 2.08. The number of nitrogens with zero attached hydrogens (tertiary/aromatic N) is 1. The molecular formula is C22H21Br2N3O5. The second kappa shape index (κ2) is 10.2. The minimum absolute atomic E-state index is 0.00232. The van der Waals surface area contributed by atoms with Gasteiger partial charge >= 0.3 is 6.03 Å². The Morgan fingerprint density at radius 1 is 1.22 bits per heavy atom. The number of hydrogen-bond donors (Lipinski definition) is 3. The van der Waals surface area contributed by atoms with Crippen LogP contribution in [-0.2, 0) is 16.0 Å². The van der Waals surface area contributed by atoms with E-state index in [0.717, 1.165) is 16.9 Å². The van der Waals surface area contributed by atoms with E-state index in [9.17, 15) is 19.5 Å². The highest BCUT2D eigenvalue weighted by atomic mass is 79.9. The van der Waals surface area contributed by atoms with Crippen LogP contribution in [0.5, 0.6) is 11.5 Å². The number of benzene rings is 2. The summed E-state index contributed by atoms with van der Waals surface area (Å²) in [5, 5.41) is 15.4. The van der Waals surface area contributed by atoms with Gasteiger partial charge in [-0.1, -0.05) is 25.1 Å². The number of aromatic hydroxyl groups is 1. The molecule has 0 atom stereocenters. The molecular weight excluding hydrogens is 546 g/mol. The zero-order valence-electron chi connectivity index (χ0n) is 17.4. The van der Waals surface area contributed by atoms with Gasteiger partial charge in [-0.15, -0.1) is 0 Å². The minimum atomic E-state index is -0.695. The van der Waals surface area contributed by atoms with Gasteiger partial charge < -0.3 is 20.5 Å². The fourth-order valence-electron chi connectivity index (χ4n) is 3.14. The van der Waals surface area contributed by atoms with Crippen LogP contribution in [0, 0.1) is 0 Å². The number of nitrogens with one attached hydrogen (secondary N) is 2. The molecule has 0 aromatic heterocycles. The van der Waals surface area contributed by atoms with E-state index in [2.05, 4.69) is 42.5 Å². The fourth-order valence-corrected chi connectivity index (χ4v) is 3.98. The molecule has 0 radical (unpaired) electrons. The number of halogens is 2. The molecule has 0 saturated carbocycles. The number of carbonyl (C=O) groups is 3. The minimum Gasteiger partial charge on any atom is -0.503 e. The van der Waals surface area contributed by atoms with Crippen LogP contribution in [0.2, 0.25) is 0 Å². The van der Waals surface area contributed by atoms with Crippen molar-refractivity contribution in [1.82, 2.24) is 10.2 Å². The Labute approximate surface area is 201 Å². The van der Waals surface area contributed by atoms with Crippen molar-refractivity contribution in [1.29, 1.82) is 0 Å². The quantitative estimate of drug-likeness (QED) is 0.340. The first-order chi connectivity index (χ1) is 15.3. The number of phenols is 1. The van der Waals surface area contributed by atoms with Gasteiger partial charge in [-0.3, -0.25) is 9.59 Å². The number of amides is 4. The molecule has 1 aliphatic rings. The lowest BCUT2D eigenvalue weighted by Gasteiger charge is -2.14. The van der Waals surface area contributed by atoms with E-state index in [1.807, 2.05) is 19.1 Å². The standard InChI is InChI=1S/C22H21Br2N3O5/c1-3-12-7-5-6-8-14(12)25-17(28)11-27-21(30)15(26-22(27)31)9-13-10-16(32-4-2)20(29)19(24)18(13)23/h5-10,29H,3-4,11H2,1-2H3,(H,25,28)(H,26,31)/b15-9+. The Morgan fingerprint density at radius 2 is 1.94 bits per heavy atom. The molecule has 1 heterocycles. The summed E-state index contributed by atoms with van der Waals surface area (Å²) in [6.07, 6.45) is 2.18. The van der Waals surface area contributed by atoms with Crippen LogP contribution < -0.4 is 15.4 Å². The molecule has 168 valence electrons. The number of para-hydroxylation sites is 1. The van der Waals surface area contributed by atoms with Gasteiger partial charge in [0.15, 0.2) is 11.5 Å². The maximum atomic E-state index is 12.8. The SMILES string of the molecule is CCOc1cc(/C=C2/NC(=O)N(CC(=O)Nc3ccccc3CC)C2=O)c(Br)c(Br)c1O. The van der Waals surface area contributed by atoms with Crippen molar-refractivity contribution in [2.45, 2.75) is 20.3 Å². The number of imide groups is 1. The van der Waals surface area contributed by atoms with Gasteiger partial charge in [0.1, 0.15) is 12.2 Å². The lowest BCUT2D eigenvalue weighted by Crippen LogP contribution is -2.38. The average molecular weight is 567 g/mol. The highest BCUT2D eigenvalue weighted by Gasteiger charge is 2.35. The number of aryl methyl sites for hydroxylation is 1. The Hall–Kier alpha value is -2.85. The summed E-state index contributed by atoms with van der Waals surface area (Å²) in [5.74, 6) is -0.990. The van der Waals surface area contributed by atoms with Crippen molar-refractivity contribution < 1.29 is 24.2 Å². The second-order valence-corrected chi connectivity index (χ2v) is 8.40. The molecule has 1 aliphatic heterocycles. The summed E-state index contributed by atoms with van der Waals surface area (Å²) >= 11 is 6.63. The highest BCUT2D eigenvalue weighted by molar-refractivity contribution is 9.13. The van der Waals surface area contributed by atoms with Crippen LogP contribution in [-0.4, -0.2) is 41.0 Å². The third kappa shape index (κ3) is 4.97. The lowest BCUT2D eigenvalue weighted by atomic mass is 10.1. The van der Waals surface area contributed by atoms with E-state index in [4.69, 9.17) is 4.74 Å². The molecule has 8 nitrogen and oxygen atoms in total. The molecule has 2 aromatic rings. The zero-order chi connectivity index (χ0) is 23.4. The summed E-state index contributed by atoms with van der Waals surface area (Å²) in [6, 6.07) is 8.18. The molecule has 1 saturated heterocycles.